The summed E-state index contributed by atoms with van der Waals surface area (Å²) in [6.45, 7) is 4.97. The average Bonchev–Trinajstić information content (AvgIpc) is 2.84. The lowest BCUT2D eigenvalue weighted by molar-refractivity contribution is -0.128. The first-order valence-electron chi connectivity index (χ1n) is 11.5. The second-order valence-electron chi connectivity index (χ2n) is 7.50. The summed E-state index contributed by atoms with van der Waals surface area (Å²) in [6, 6.07) is 0. The Hall–Kier alpha value is -1.97. The number of terminal acetylenes is 3. The molecule has 0 saturated carbocycles. The van der Waals surface area contributed by atoms with E-state index in [1.807, 2.05) is 0 Å². The Kier molecular flexibility index (Phi) is 23.7. The average molecular weight is 497 g/mol. The van der Waals surface area contributed by atoms with Gasteiger partial charge in [0.25, 0.3) is 0 Å². The van der Waals surface area contributed by atoms with Crippen LogP contribution in [0, 0.1) is 42.4 Å². The highest BCUT2D eigenvalue weighted by Gasteiger charge is 2.34. The van der Waals surface area contributed by atoms with Crippen molar-refractivity contribution in [1.82, 2.24) is 0 Å². The van der Waals surface area contributed by atoms with Gasteiger partial charge in [-0.2, -0.15) is 0 Å². The van der Waals surface area contributed by atoms with Gasteiger partial charge < -0.3 is 37.9 Å². The Balaban J connectivity index is 4.17. The predicted molar refractivity (Wildman–Crippen MR) is 131 cm³/mol. The van der Waals surface area contributed by atoms with Crippen LogP contribution in [0.1, 0.15) is 12.8 Å². The molecule has 0 rings (SSSR count). The fourth-order valence-corrected chi connectivity index (χ4v) is 2.85. The summed E-state index contributed by atoms with van der Waals surface area (Å²) in [6.07, 6.45) is 16.2. The van der Waals surface area contributed by atoms with Gasteiger partial charge in [-0.15, -0.1) is 19.3 Å². The van der Waals surface area contributed by atoms with E-state index in [0.717, 1.165) is 0 Å². The molecule has 0 bridgehead atoms. The lowest BCUT2D eigenvalue weighted by Gasteiger charge is -2.32. The summed E-state index contributed by atoms with van der Waals surface area (Å²) in [5.74, 6) is 7.20. The SMILES string of the molecule is C#CCOCC(COCC#C)(COCC#C)CC(=O)CCOCCOCCOCCOCCOC. The summed E-state index contributed by atoms with van der Waals surface area (Å²) in [5, 5.41) is 0. The number of ketones is 1. The van der Waals surface area contributed by atoms with Crippen LogP contribution in [0.4, 0.5) is 0 Å². The molecule has 0 aromatic heterocycles. The molecule has 0 saturated heterocycles. The Morgan fingerprint density at radius 1 is 0.600 bits per heavy atom. The van der Waals surface area contributed by atoms with E-state index >= 15 is 0 Å². The van der Waals surface area contributed by atoms with Crippen molar-refractivity contribution in [3.05, 3.63) is 0 Å². The monoisotopic (exact) mass is 496 g/mol. The van der Waals surface area contributed by atoms with Gasteiger partial charge in [0.15, 0.2) is 0 Å². The van der Waals surface area contributed by atoms with Crippen molar-refractivity contribution < 1.29 is 42.7 Å². The zero-order chi connectivity index (χ0) is 25.9. The molecule has 0 amide bonds. The van der Waals surface area contributed by atoms with Gasteiger partial charge in [-0.25, -0.2) is 0 Å². The fraction of sp³-hybridized carbons (Fsp3) is 0.731. The van der Waals surface area contributed by atoms with Crippen LogP contribution in [0.15, 0.2) is 0 Å². The Morgan fingerprint density at radius 2 is 0.971 bits per heavy atom. The zero-order valence-electron chi connectivity index (χ0n) is 20.9. The van der Waals surface area contributed by atoms with Crippen LogP contribution in [0.2, 0.25) is 0 Å². The molecule has 0 spiro atoms. The number of rotatable bonds is 26. The highest BCUT2D eigenvalue weighted by molar-refractivity contribution is 5.79. The summed E-state index contributed by atoms with van der Waals surface area (Å²) in [4.78, 5) is 12.6. The van der Waals surface area contributed by atoms with Gasteiger partial charge >= 0.3 is 0 Å². The molecule has 198 valence electrons. The number of Topliss-reactive ketones (excluding diaryl/α,β-unsaturated/α-hetero) is 1. The number of hydrogen-bond donors (Lipinski definition) is 0. The highest BCUT2D eigenvalue weighted by atomic mass is 16.6. The van der Waals surface area contributed by atoms with Gasteiger partial charge in [-0.1, -0.05) is 17.8 Å². The maximum atomic E-state index is 12.6. The molecule has 0 unspecified atom stereocenters. The molecule has 0 fully saturated rings. The first-order chi connectivity index (χ1) is 17.1. The quantitative estimate of drug-likeness (QED) is 0.128. The van der Waals surface area contributed by atoms with Crippen molar-refractivity contribution in [3.63, 3.8) is 0 Å². The Labute approximate surface area is 210 Å². The number of carbonyl (C=O) groups is 1. The van der Waals surface area contributed by atoms with Crippen molar-refractivity contribution in [2.24, 2.45) is 5.41 Å². The third-order valence-corrected chi connectivity index (χ3v) is 4.43. The first-order valence-corrected chi connectivity index (χ1v) is 11.5. The summed E-state index contributed by atoms with van der Waals surface area (Å²) in [5.41, 5.74) is -0.750. The molecule has 0 aliphatic heterocycles. The van der Waals surface area contributed by atoms with Gasteiger partial charge in [0.2, 0.25) is 0 Å². The van der Waals surface area contributed by atoms with E-state index in [-0.39, 0.29) is 64.9 Å². The molecule has 0 radical (unpaired) electrons. The maximum absolute atomic E-state index is 12.6. The molecular weight excluding hydrogens is 456 g/mol. The smallest absolute Gasteiger partial charge is 0.136 e. The molecule has 0 atom stereocenters. The van der Waals surface area contributed by atoms with Gasteiger partial charge in [0, 0.05) is 25.4 Å². The van der Waals surface area contributed by atoms with Crippen LogP contribution in [0.3, 0.4) is 0 Å². The molecule has 0 heterocycles. The minimum absolute atomic E-state index is 0.0232. The van der Waals surface area contributed by atoms with Crippen molar-refractivity contribution >= 4 is 5.78 Å². The Bertz CT molecular complexity index is 580. The summed E-state index contributed by atoms with van der Waals surface area (Å²) in [7, 11) is 1.63. The molecule has 0 N–H and O–H groups in total. The van der Waals surface area contributed by atoms with Gasteiger partial charge in [-0.3, -0.25) is 4.79 Å². The molecule has 0 aromatic carbocycles. The Morgan fingerprint density at radius 3 is 1.34 bits per heavy atom. The molecule has 0 aromatic rings. The minimum atomic E-state index is -0.750. The van der Waals surface area contributed by atoms with E-state index in [9.17, 15) is 4.79 Å². The van der Waals surface area contributed by atoms with E-state index in [1.54, 1.807) is 7.11 Å². The predicted octanol–water partition coefficient (Wildman–Crippen LogP) is 0.984. The topological polar surface area (TPSA) is 90.9 Å². The van der Waals surface area contributed by atoms with Crippen LogP contribution in [0.25, 0.3) is 0 Å². The fourth-order valence-electron chi connectivity index (χ4n) is 2.85. The number of ether oxygens (including phenoxy) is 8. The second-order valence-corrected chi connectivity index (χ2v) is 7.50. The van der Waals surface area contributed by atoms with E-state index in [4.69, 9.17) is 57.2 Å². The van der Waals surface area contributed by atoms with Gasteiger partial charge in [0.1, 0.15) is 25.6 Å². The van der Waals surface area contributed by atoms with Crippen molar-refractivity contribution in [1.29, 1.82) is 0 Å². The molecular formula is C26H40O9. The van der Waals surface area contributed by atoms with Crippen molar-refractivity contribution in [2.45, 2.75) is 12.8 Å². The van der Waals surface area contributed by atoms with E-state index in [2.05, 4.69) is 17.8 Å². The van der Waals surface area contributed by atoms with Gasteiger partial charge in [-0.05, 0) is 0 Å². The molecule has 9 nitrogen and oxygen atoms in total. The van der Waals surface area contributed by atoms with Crippen LogP contribution < -0.4 is 0 Å². The second kappa shape index (κ2) is 25.1. The highest BCUT2D eigenvalue weighted by Crippen LogP contribution is 2.26. The van der Waals surface area contributed by atoms with Crippen molar-refractivity contribution in [3.8, 4) is 37.0 Å². The van der Waals surface area contributed by atoms with E-state index in [1.165, 1.54) is 0 Å². The third-order valence-electron chi connectivity index (χ3n) is 4.43. The molecule has 9 heteroatoms. The normalized spacial score (nSPS) is 11.0. The molecule has 35 heavy (non-hydrogen) atoms. The largest absolute Gasteiger partial charge is 0.382 e. The summed E-state index contributed by atoms with van der Waals surface area (Å²) < 4.78 is 43.0. The molecule has 0 aliphatic rings. The third kappa shape index (κ3) is 21.1. The lowest BCUT2D eigenvalue weighted by Crippen LogP contribution is -2.40. The zero-order valence-corrected chi connectivity index (χ0v) is 20.9. The van der Waals surface area contributed by atoms with Crippen molar-refractivity contribution in [2.75, 3.05) is 106 Å². The first kappa shape index (κ1) is 33.0. The number of carbonyl (C=O) groups excluding carboxylic acids is 1. The maximum Gasteiger partial charge on any atom is 0.136 e. The van der Waals surface area contributed by atoms with Crippen LogP contribution in [0.5, 0.6) is 0 Å². The minimum Gasteiger partial charge on any atom is -0.382 e. The lowest BCUT2D eigenvalue weighted by atomic mass is 9.84. The van der Waals surface area contributed by atoms with E-state index in [0.29, 0.717) is 52.9 Å². The standard InChI is InChI=1S/C26H40O9/c1-5-9-33-22-26(23-34-10-6-2,24-35-11-7-3)21-25(27)8-12-29-15-16-31-19-20-32-18-17-30-14-13-28-4/h1-3H,8-24H2,4H3. The van der Waals surface area contributed by atoms with Crippen LogP contribution in [-0.4, -0.2) is 112 Å². The van der Waals surface area contributed by atoms with E-state index < -0.39 is 5.41 Å². The van der Waals surface area contributed by atoms with Crippen LogP contribution in [-0.2, 0) is 42.7 Å². The molecule has 0 aliphatic carbocycles. The van der Waals surface area contributed by atoms with Gasteiger partial charge in [0.05, 0.1) is 79.3 Å². The number of hydrogen-bond acceptors (Lipinski definition) is 9. The summed E-state index contributed by atoms with van der Waals surface area (Å²) >= 11 is 0. The number of methoxy groups -OCH3 is 1. The van der Waals surface area contributed by atoms with Crippen LogP contribution >= 0.6 is 0 Å².